The summed E-state index contributed by atoms with van der Waals surface area (Å²) in [4.78, 5) is 15.2. The van der Waals surface area contributed by atoms with Gasteiger partial charge in [0.1, 0.15) is 24.7 Å². The molecule has 6 heteroatoms. The SMILES string of the molecule is Cc1c(-c2ccc(OC(C)C)cc2)n(Cc2ccc(C(=O)OCCN3CCCCC3)cc2)c2ccc(OCc3ccccc3)cc12. The van der Waals surface area contributed by atoms with E-state index in [0.717, 1.165) is 64.4 Å². The molecule has 46 heavy (non-hydrogen) atoms. The highest BCUT2D eigenvalue weighted by molar-refractivity contribution is 5.93. The Balaban J connectivity index is 1.24. The molecule has 1 aliphatic heterocycles. The van der Waals surface area contributed by atoms with Crippen molar-refractivity contribution in [3.05, 3.63) is 119 Å². The monoisotopic (exact) mass is 616 g/mol. The number of nitrogens with zero attached hydrogens (tertiary/aromatic N) is 2. The van der Waals surface area contributed by atoms with Gasteiger partial charge in [-0.05, 0) is 124 Å². The van der Waals surface area contributed by atoms with Crippen LogP contribution in [0, 0.1) is 6.92 Å². The molecule has 5 aromatic rings. The molecular formula is C40H44N2O4. The highest BCUT2D eigenvalue weighted by Gasteiger charge is 2.18. The minimum atomic E-state index is -0.266. The van der Waals surface area contributed by atoms with E-state index in [9.17, 15) is 4.79 Å². The number of carbonyl (C=O) groups is 1. The van der Waals surface area contributed by atoms with Gasteiger partial charge in [0.05, 0.1) is 17.4 Å². The molecule has 238 valence electrons. The predicted octanol–water partition coefficient (Wildman–Crippen LogP) is 8.67. The number of esters is 1. The van der Waals surface area contributed by atoms with Gasteiger partial charge in [-0.3, -0.25) is 4.90 Å². The number of ether oxygens (including phenoxy) is 3. The summed E-state index contributed by atoms with van der Waals surface area (Å²) in [7, 11) is 0. The molecule has 0 spiro atoms. The largest absolute Gasteiger partial charge is 0.491 e. The molecule has 1 fully saturated rings. The fourth-order valence-corrected chi connectivity index (χ4v) is 6.29. The van der Waals surface area contributed by atoms with Crippen molar-refractivity contribution in [2.75, 3.05) is 26.2 Å². The van der Waals surface area contributed by atoms with Crippen molar-refractivity contribution in [3.8, 4) is 22.8 Å². The van der Waals surface area contributed by atoms with E-state index >= 15 is 0 Å². The zero-order chi connectivity index (χ0) is 31.9. The Hall–Kier alpha value is -4.55. The van der Waals surface area contributed by atoms with Crippen LogP contribution in [-0.2, 0) is 17.9 Å². The molecule has 0 atom stereocenters. The van der Waals surface area contributed by atoms with Gasteiger partial charge in [-0.15, -0.1) is 0 Å². The molecule has 0 radical (unpaired) electrons. The Labute approximate surface area is 272 Å². The summed E-state index contributed by atoms with van der Waals surface area (Å²) < 4.78 is 20.1. The van der Waals surface area contributed by atoms with Gasteiger partial charge in [-0.2, -0.15) is 0 Å². The van der Waals surface area contributed by atoms with Crippen LogP contribution < -0.4 is 9.47 Å². The molecular weight excluding hydrogens is 572 g/mol. The molecule has 0 N–H and O–H groups in total. The van der Waals surface area contributed by atoms with Crippen molar-refractivity contribution in [2.24, 2.45) is 0 Å². The second-order valence-electron chi connectivity index (χ2n) is 12.4. The average molecular weight is 617 g/mol. The van der Waals surface area contributed by atoms with Crippen LogP contribution >= 0.6 is 0 Å². The number of aromatic nitrogens is 1. The number of piperidine rings is 1. The van der Waals surface area contributed by atoms with Crippen LogP contribution in [0.2, 0.25) is 0 Å². The lowest BCUT2D eigenvalue weighted by atomic mass is 10.1. The summed E-state index contributed by atoms with van der Waals surface area (Å²) in [6.45, 7) is 10.8. The topological polar surface area (TPSA) is 52.9 Å². The van der Waals surface area contributed by atoms with Crippen LogP contribution in [-0.4, -0.2) is 47.8 Å². The first-order valence-electron chi connectivity index (χ1n) is 16.5. The molecule has 0 aliphatic carbocycles. The van der Waals surface area contributed by atoms with E-state index in [2.05, 4.69) is 52.8 Å². The molecule has 0 unspecified atom stereocenters. The van der Waals surface area contributed by atoms with Gasteiger partial charge in [0.2, 0.25) is 0 Å². The minimum Gasteiger partial charge on any atom is -0.491 e. The van der Waals surface area contributed by atoms with E-state index in [0.29, 0.717) is 25.3 Å². The highest BCUT2D eigenvalue weighted by Crippen LogP contribution is 2.37. The quantitative estimate of drug-likeness (QED) is 0.131. The van der Waals surface area contributed by atoms with Crippen LogP contribution in [0.25, 0.3) is 22.2 Å². The van der Waals surface area contributed by atoms with Crippen LogP contribution in [0.4, 0.5) is 0 Å². The van der Waals surface area contributed by atoms with E-state index in [1.807, 2.05) is 74.5 Å². The fraction of sp³-hybridized carbons (Fsp3) is 0.325. The van der Waals surface area contributed by atoms with Gasteiger partial charge in [0.25, 0.3) is 0 Å². The Morgan fingerprint density at radius 3 is 2.24 bits per heavy atom. The Kier molecular flexibility index (Phi) is 10.0. The molecule has 0 bridgehead atoms. The summed E-state index contributed by atoms with van der Waals surface area (Å²) in [6.07, 6.45) is 3.87. The molecule has 0 saturated carbocycles. The van der Waals surface area contributed by atoms with Crippen molar-refractivity contribution in [3.63, 3.8) is 0 Å². The van der Waals surface area contributed by atoms with E-state index in [4.69, 9.17) is 14.2 Å². The number of aryl methyl sites for hydroxylation is 1. The lowest BCUT2D eigenvalue weighted by molar-refractivity contribution is 0.0452. The number of fused-ring (bicyclic) bond motifs is 1. The minimum absolute atomic E-state index is 0.114. The lowest BCUT2D eigenvalue weighted by Crippen LogP contribution is -2.33. The first-order chi connectivity index (χ1) is 22.4. The molecule has 6 rings (SSSR count). The van der Waals surface area contributed by atoms with Gasteiger partial charge in [0, 0.05) is 24.0 Å². The third-order valence-electron chi connectivity index (χ3n) is 8.66. The fourth-order valence-electron chi connectivity index (χ4n) is 6.29. The van der Waals surface area contributed by atoms with Gasteiger partial charge >= 0.3 is 5.97 Å². The van der Waals surface area contributed by atoms with Crippen LogP contribution in [0.15, 0.2) is 97.1 Å². The number of rotatable bonds is 12. The van der Waals surface area contributed by atoms with Gasteiger partial charge in [-0.1, -0.05) is 48.9 Å². The second kappa shape index (κ2) is 14.7. The third kappa shape index (κ3) is 7.63. The number of benzene rings is 4. The summed E-state index contributed by atoms with van der Waals surface area (Å²) in [5.74, 6) is 1.43. The molecule has 2 heterocycles. The Morgan fingerprint density at radius 1 is 0.804 bits per heavy atom. The van der Waals surface area contributed by atoms with E-state index in [-0.39, 0.29) is 12.1 Å². The first-order valence-corrected chi connectivity index (χ1v) is 16.5. The zero-order valence-corrected chi connectivity index (χ0v) is 27.2. The number of hydrogen-bond donors (Lipinski definition) is 0. The summed E-state index contributed by atoms with van der Waals surface area (Å²) in [5.41, 5.74) is 7.40. The van der Waals surface area contributed by atoms with Crippen LogP contribution in [0.5, 0.6) is 11.5 Å². The molecule has 6 nitrogen and oxygen atoms in total. The first kappa shape index (κ1) is 31.4. The normalized spacial score (nSPS) is 13.7. The second-order valence-corrected chi connectivity index (χ2v) is 12.4. The predicted molar refractivity (Wildman–Crippen MR) is 185 cm³/mol. The smallest absolute Gasteiger partial charge is 0.338 e. The van der Waals surface area contributed by atoms with Gasteiger partial charge < -0.3 is 18.8 Å². The summed E-state index contributed by atoms with van der Waals surface area (Å²) >= 11 is 0. The van der Waals surface area contributed by atoms with Crippen molar-refractivity contribution < 1.29 is 19.0 Å². The molecule has 1 aromatic heterocycles. The Morgan fingerprint density at radius 2 is 1.52 bits per heavy atom. The molecule has 1 aliphatic rings. The van der Waals surface area contributed by atoms with Crippen LogP contribution in [0.3, 0.4) is 0 Å². The van der Waals surface area contributed by atoms with E-state index in [1.54, 1.807) is 0 Å². The zero-order valence-electron chi connectivity index (χ0n) is 27.2. The maximum absolute atomic E-state index is 12.8. The maximum atomic E-state index is 12.8. The van der Waals surface area contributed by atoms with Crippen molar-refractivity contribution in [1.29, 1.82) is 0 Å². The van der Waals surface area contributed by atoms with E-state index < -0.39 is 0 Å². The molecule has 4 aromatic carbocycles. The van der Waals surface area contributed by atoms with Gasteiger partial charge in [-0.25, -0.2) is 4.79 Å². The average Bonchev–Trinajstić information content (AvgIpc) is 3.35. The van der Waals surface area contributed by atoms with Gasteiger partial charge in [0.15, 0.2) is 0 Å². The molecule has 0 amide bonds. The number of hydrogen-bond acceptors (Lipinski definition) is 5. The van der Waals surface area contributed by atoms with E-state index in [1.165, 1.54) is 24.8 Å². The summed E-state index contributed by atoms with van der Waals surface area (Å²) in [6, 6.07) is 32.7. The third-order valence-corrected chi connectivity index (χ3v) is 8.66. The van der Waals surface area contributed by atoms with Crippen LogP contribution in [0.1, 0.15) is 60.2 Å². The maximum Gasteiger partial charge on any atom is 0.338 e. The molecule has 1 saturated heterocycles. The summed E-state index contributed by atoms with van der Waals surface area (Å²) in [5, 5.41) is 1.15. The standard InChI is InChI=1S/C40H44N2O4/c1-29(2)46-35-18-16-33(17-19-35)39-30(3)37-26-36(45-28-32-10-6-4-7-11-32)20-21-38(37)42(39)27-31-12-14-34(15-13-31)40(43)44-25-24-41-22-8-5-9-23-41/h4,6-7,10-21,26,29H,5,8-9,22-25,27-28H2,1-3H3. The highest BCUT2D eigenvalue weighted by atomic mass is 16.5. The van der Waals surface area contributed by atoms with Crippen molar-refractivity contribution >= 4 is 16.9 Å². The lowest BCUT2D eigenvalue weighted by Gasteiger charge is -2.25. The van der Waals surface area contributed by atoms with Crippen molar-refractivity contribution in [2.45, 2.75) is 59.3 Å². The Bertz CT molecular complexity index is 1730. The number of carbonyl (C=O) groups excluding carboxylic acids is 1. The number of likely N-dealkylation sites (tertiary alicyclic amines) is 1. The van der Waals surface area contributed by atoms with Crippen molar-refractivity contribution in [1.82, 2.24) is 9.47 Å².